The molecule has 0 spiro atoms. The van der Waals surface area contributed by atoms with E-state index in [-0.39, 0.29) is 12.5 Å². The number of ether oxygens (including phenoxy) is 1. The topological polar surface area (TPSA) is 131 Å². The van der Waals surface area contributed by atoms with E-state index in [0.29, 0.717) is 28.2 Å². The number of imidazole rings is 1. The van der Waals surface area contributed by atoms with Gasteiger partial charge in [-0.15, -0.1) is 0 Å². The maximum Gasteiger partial charge on any atom is 0.281 e. The number of aryl methyl sites for hydroxylation is 1. The molecule has 0 fully saturated rings. The van der Waals surface area contributed by atoms with E-state index in [2.05, 4.69) is 28.4 Å². The molecule has 2 heterocycles. The standard InChI is InChI=1S/C40H49N5O5/c1-2-3-4-5-6-7-8-9-10-11-12-13-14-18-30-19-17-20-33(27-30)50-28-36(46)42-31-23-25-32(26-24-31)45-40(49)37(38(47)43-45)39(48)44-29-41-34-21-15-16-22-35(34)44/h15-17,19-27,29,49H,2-14,18,28H2,1H3,(H,42,46)(H,43,47). The number of amides is 1. The Morgan fingerprint density at radius 2 is 1.48 bits per heavy atom. The summed E-state index contributed by atoms with van der Waals surface area (Å²) in [6, 6.07) is 21.4. The highest BCUT2D eigenvalue weighted by Crippen LogP contribution is 2.23. The van der Waals surface area contributed by atoms with Crippen LogP contribution in [0.4, 0.5) is 5.69 Å². The molecule has 0 unspecified atom stereocenters. The normalized spacial score (nSPS) is 11.2. The van der Waals surface area contributed by atoms with E-state index in [4.69, 9.17) is 4.74 Å². The van der Waals surface area contributed by atoms with E-state index >= 15 is 0 Å². The second-order valence-corrected chi connectivity index (χ2v) is 12.9. The smallest absolute Gasteiger partial charge is 0.281 e. The molecular formula is C40H49N5O5. The molecule has 2 aromatic heterocycles. The summed E-state index contributed by atoms with van der Waals surface area (Å²) in [5.74, 6) is -0.898. The van der Waals surface area contributed by atoms with Crippen LogP contribution in [0.1, 0.15) is 106 Å². The van der Waals surface area contributed by atoms with Gasteiger partial charge >= 0.3 is 0 Å². The Balaban J connectivity index is 1.03. The van der Waals surface area contributed by atoms with Gasteiger partial charge in [0.2, 0.25) is 5.88 Å². The lowest BCUT2D eigenvalue weighted by molar-refractivity contribution is -0.118. The van der Waals surface area contributed by atoms with Crippen LogP contribution in [0.5, 0.6) is 11.6 Å². The van der Waals surface area contributed by atoms with Crippen LogP contribution in [0.3, 0.4) is 0 Å². The Hall–Kier alpha value is -5.12. The van der Waals surface area contributed by atoms with Crippen LogP contribution >= 0.6 is 0 Å². The van der Waals surface area contributed by atoms with E-state index < -0.39 is 22.9 Å². The fourth-order valence-corrected chi connectivity index (χ4v) is 6.22. The fourth-order valence-electron chi connectivity index (χ4n) is 6.22. The highest BCUT2D eigenvalue weighted by molar-refractivity contribution is 6.02. The Bertz CT molecular complexity index is 1890. The minimum Gasteiger partial charge on any atom is -0.493 e. The summed E-state index contributed by atoms with van der Waals surface area (Å²) < 4.78 is 8.12. The van der Waals surface area contributed by atoms with E-state index in [9.17, 15) is 19.5 Å². The molecule has 0 atom stereocenters. The molecule has 3 N–H and O–H groups in total. The van der Waals surface area contributed by atoms with Crippen molar-refractivity contribution in [1.82, 2.24) is 19.3 Å². The first-order valence-corrected chi connectivity index (χ1v) is 18.1. The van der Waals surface area contributed by atoms with Gasteiger partial charge in [-0.1, -0.05) is 108 Å². The maximum atomic E-state index is 13.2. The number of aromatic amines is 1. The molecule has 5 aromatic rings. The highest BCUT2D eigenvalue weighted by atomic mass is 16.5. The van der Waals surface area contributed by atoms with Crippen LogP contribution in [-0.4, -0.2) is 42.9 Å². The summed E-state index contributed by atoms with van der Waals surface area (Å²) in [7, 11) is 0. The molecule has 264 valence electrons. The van der Waals surface area contributed by atoms with Crippen molar-refractivity contribution >= 4 is 28.5 Å². The molecule has 0 radical (unpaired) electrons. The van der Waals surface area contributed by atoms with Gasteiger partial charge in [0.25, 0.3) is 17.4 Å². The number of para-hydroxylation sites is 2. The maximum absolute atomic E-state index is 13.2. The average Bonchev–Trinajstić information content (AvgIpc) is 3.69. The van der Waals surface area contributed by atoms with Crippen molar-refractivity contribution in [3.8, 4) is 17.3 Å². The molecule has 0 aliphatic rings. The van der Waals surface area contributed by atoms with Crippen molar-refractivity contribution in [3.05, 3.63) is 101 Å². The molecule has 0 aliphatic heterocycles. The molecule has 0 aliphatic carbocycles. The van der Waals surface area contributed by atoms with Crippen molar-refractivity contribution in [2.75, 3.05) is 11.9 Å². The van der Waals surface area contributed by atoms with E-state index in [1.165, 1.54) is 93.5 Å². The summed E-state index contributed by atoms with van der Waals surface area (Å²) in [6.07, 6.45) is 19.6. The number of unbranched alkanes of at least 4 members (excludes halogenated alkanes) is 12. The zero-order chi connectivity index (χ0) is 35.1. The van der Waals surface area contributed by atoms with Gasteiger partial charge in [-0.25, -0.2) is 9.67 Å². The molecule has 3 aromatic carbocycles. The van der Waals surface area contributed by atoms with Crippen molar-refractivity contribution in [2.45, 2.75) is 96.8 Å². The molecule has 5 rings (SSSR count). The number of rotatable bonds is 20. The highest BCUT2D eigenvalue weighted by Gasteiger charge is 2.25. The number of hydrogen-bond acceptors (Lipinski definition) is 6. The van der Waals surface area contributed by atoms with Crippen LogP contribution in [0, 0.1) is 0 Å². The van der Waals surface area contributed by atoms with Crippen LogP contribution in [-0.2, 0) is 11.2 Å². The van der Waals surface area contributed by atoms with Gasteiger partial charge in [-0.2, -0.15) is 0 Å². The predicted molar refractivity (Wildman–Crippen MR) is 197 cm³/mol. The molecule has 10 nitrogen and oxygen atoms in total. The molecule has 0 saturated heterocycles. The van der Waals surface area contributed by atoms with Gasteiger partial charge in [0, 0.05) is 5.69 Å². The Morgan fingerprint density at radius 3 is 2.18 bits per heavy atom. The van der Waals surface area contributed by atoms with Gasteiger partial charge in [0.05, 0.1) is 16.7 Å². The van der Waals surface area contributed by atoms with Gasteiger partial charge in [0.15, 0.2) is 12.2 Å². The number of fused-ring (bicyclic) bond motifs is 1. The third-order valence-corrected chi connectivity index (χ3v) is 9.01. The summed E-state index contributed by atoms with van der Waals surface area (Å²) in [5, 5.41) is 16.2. The molecule has 10 heteroatoms. The monoisotopic (exact) mass is 679 g/mol. The first kappa shape index (κ1) is 36.2. The van der Waals surface area contributed by atoms with Gasteiger partial charge in [-0.3, -0.25) is 24.0 Å². The zero-order valence-electron chi connectivity index (χ0n) is 29.0. The van der Waals surface area contributed by atoms with E-state index in [1.807, 2.05) is 18.2 Å². The quantitative estimate of drug-likeness (QED) is 0.0707. The molecular weight excluding hydrogens is 630 g/mol. The van der Waals surface area contributed by atoms with Crippen LogP contribution in [0.2, 0.25) is 0 Å². The Morgan fingerprint density at radius 1 is 0.820 bits per heavy atom. The number of benzene rings is 3. The second-order valence-electron chi connectivity index (χ2n) is 12.9. The van der Waals surface area contributed by atoms with E-state index in [0.717, 1.165) is 17.5 Å². The molecule has 50 heavy (non-hydrogen) atoms. The predicted octanol–water partition coefficient (Wildman–Crippen LogP) is 8.56. The number of hydrogen-bond donors (Lipinski definition) is 3. The number of nitrogens with zero attached hydrogens (tertiary/aromatic N) is 3. The minimum atomic E-state index is -0.742. The summed E-state index contributed by atoms with van der Waals surface area (Å²) in [4.78, 5) is 42.7. The third kappa shape index (κ3) is 9.96. The number of H-pyrrole nitrogens is 1. The van der Waals surface area contributed by atoms with Crippen LogP contribution in [0.25, 0.3) is 16.7 Å². The van der Waals surface area contributed by atoms with Gasteiger partial charge in [-0.05, 0) is 66.9 Å². The zero-order valence-corrected chi connectivity index (χ0v) is 29.0. The number of aromatic nitrogens is 4. The lowest BCUT2D eigenvalue weighted by atomic mass is 10.0. The average molecular weight is 680 g/mol. The van der Waals surface area contributed by atoms with Crippen molar-refractivity contribution in [3.63, 3.8) is 0 Å². The molecule has 0 bridgehead atoms. The Kier molecular flexibility index (Phi) is 13.4. The van der Waals surface area contributed by atoms with Gasteiger partial charge < -0.3 is 15.2 Å². The van der Waals surface area contributed by atoms with Gasteiger partial charge in [0.1, 0.15) is 12.1 Å². The number of carbonyl (C=O) groups excluding carboxylic acids is 2. The molecule has 1 amide bonds. The largest absolute Gasteiger partial charge is 0.493 e. The van der Waals surface area contributed by atoms with Crippen molar-refractivity contribution in [2.24, 2.45) is 0 Å². The summed E-state index contributed by atoms with van der Waals surface area (Å²) in [5.41, 5.74) is 2.07. The number of carbonyl (C=O) groups is 2. The summed E-state index contributed by atoms with van der Waals surface area (Å²) in [6.45, 7) is 2.12. The van der Waals surface area contributed by atoms with Crippen molar-refractivity contribution in [1.29, 1.82) is 0 Å². The number of anilines is 1. The minimum absolute atomic E-state index is 0.149. The lowest BCUT2D eigenvalue weighted by Gasteiger charge is -2.10. The summed E-state index contributed by atoms with van der Waals surface area (Å²) >= 11 is 0. The third-order valence-electron chi connectivity index (χ3n) is 9.01. The van der Waals surface area contributed by atoms with Crippen LogP contribution in [0.15, 0.2) is 83.9 Å². The lowest BCUT2D eigenvalue weighted by Crippen LogP contribution is -2.20. The van der Waals surface area contributed by atoms with Crippen LogP contribution < -0.4 is 15.6 Å². The van der Waals surface area contributed by atoms with E-state index in [1.54, 1.807) is 48.5 Å². The number of nitrogens with one attached hydrogen (secondary N) is 2. The first-order chi connectivity index (χ1) is 24.4. The fraction of sp³-hybridized carbons (Fsp3) is 0.400. The molecule has 0 saturated carbocycles. The Labute approximate surface area is 293 Å². The SMILES string of the molecule is CCCCCCCCCCCCCCCc1cccc(OCC(=O)Nc2ccc(-n3[nH]c(=O)c(C(=O)n4cnc5ccccc54)c3O)cc2)c1. The second kappa shape index (κ2) is 18.6. The number of aromatic hydroxyl groups is 1. The van der Waals surface area contributed by atoms with Crippen molar-refractivity contribution < 1.29 is 19.4 Å². The first-order valence-electron chi connectivity index (χ1n) is 18.1.